The predicted molar refractivity (Wildman–Crippen MR) is 104 cm³/mol. The van der Waals surface area contributed by atoms with Crippen LogP contribution in [0.4, 0.5) is 4.79 Å². The van der Waals surface area contributed by atoms with E-state index in [1.165, 1.54) is 19.3 Å². The first kappa shape index (κ1) is 19.0. The van der Waals surface area contributed by atoms with E-state index in [4.69, 9.17) is 4.74 Å². The molecule has 0 aliphatic heterocycles. The third-order valence-corrected chi connectivity index (χ3v) is 6.60. The molecule has 3 amide bonds. The number of ether oxygens (including phenoxy) is 1. The summed E-state index contributed by atoms with van der Waals surface area (Å²) in [5, 5.41) is 5.39. The second-order valence-corrected chi connectivity index (χ2v) is 8.83. The number of imide groups is 1. The summed E-state index contributed by atoms with van der Waals surface area (Å²) in [5.74, 6) is 0.951. The second-order valence-electron chi connectivity index (χ2n) is 8.83. The van der Waals surface area contributed by atoms with Gasteiger partial charge in [-0.05, 0) is 80.4 Å². The average molecular weight is 384 g/mol. The number of hydrogen-bond donors (Lipinski definition) is 2. The molecular formula is C22H28N2O4. The van der Waals surface area contributed by atoms with Crippen LogP contribution in [0.5, 0.6) is 0 Å². The summed E-state index contributed by atoms with van der Waals surface area (Å²) >= 11 is 0. The lowest BCUT2D eigenvalue weighted by Crippen LogP contribution is -2.62. The Balaban J connectivity index is 1.24. The van der Waals surface area contributed by atoms with Crippen molar-refractivity contribution in [3.63, 3.8) is 0 Å². The fourth-order valence-electron chi connectivity index (χ4n) is 5.79. The smallest absolute Gasteiger partial charge is 0.338 e. The summed E-state index contributed by atoms with van der Waals surface area (Å²) < 4.78 is 5.03. The molecule has 0 atom stereocenters. The van der Waals surface area contributed by atoms with E-state index in [9.17, 15) is 14.4 Å². The fourth-order valence-corrected chi connectivity index (χ4v) is 5.79. The van der Waals surface area contributed by atoms with Crippen molar-refractivity contribution in [2.75, 3.05) is 6.61 Å². The molecule has 0 saturated heterocycles. The van der Waals surface area contributed by atoms with Crippen molar-refractivity contribution in [1.82, 2.24) is 10.6 Å². The lowest BCUT2D eigenvalue weighted by Gasteiger charge is -2.56. The van der Waals surface area contributed by atoms with Gasteiger partial charge in [-0.15, -0.1) is 0 Å². The molecule has 0 aromatic heterocycles. The van der Waals surface area contributed by atoms with Gasteiger partial charge in [-0.2, -0.15) is 0 Å². The van der Waals surface area contributed by atoms with Crippen molar-refractivity contribution < 1.29 is 19.1 Å². The molecule has 0 spiro atoms. The Labute approximate surface area is 165 Å². The van der Waals surface area contributed by atoms with Crippen molar-refractivity contribution in [3.05, 3.63) is 35.4 Å². The number of nitrogens with one attached hydrogen (secondary N) is 2. The molecule has 6 heteroatoms. The van der Waals surface area contributed by atoms with Gasteiger partial charge in [0.15, 0.2) is 6.61 Å². The van der Waals surface area contributed by atoms with Crippen LogP contribution in [0.25, 0.3) is 0 Å². The largest absolute Gasteiger partial charge is 0.452 e. The van der Waals surface area contributed by atoms with Gasteiger partial charge < -0.3 is 10.1 Å². The Kier molecular flexibility index (Phi) is 5.13. The highest BCUT2D eigenvalue weighted by molar-refractivity contribution is 5.97. The molecule has 0 heterocycles. The minimum Gasteiger partial charge on any atom is -0.452 e. The number of urea groups is 1. The number of carbonyl (C=O) groups excluding carboxylic acids is 3. The van der Waals surface area contributed by atoms with Gasteiger partial charge in [0.25, 0.3) is 5.91 Å². The summed E-state index contributed by atoms with van der Waals surface area (Å²) in [6.07, 6.45) is 7.80. The zero-order valence-corrected chi connectivity index (χ0v) is 16.3. The van der Waals surface area contributed by atoms with Crippen LogP contribution in [0, 0.1) is 17.8 Å². The highest BCUT2D eigenvalue weighted by atomic mass is 16.5. The van der Waals surface area contributed by atoms with Crippen molar-refractivity contribution in [1.29, 1.82) is 0 Å². The van der Waals surface area contributed by atoms with E-state index in [0.717, 1.165) is 31.2 Å². The zero-order valence-electron chi connectivity index (χ0n) is 16.3. The summed E-state index contributed by atoms with van der Waals surface area (Å²) in [6, 6.07) is 6.60. The van der Waals surface area contributed by atoms with Crippen LogP contribution >= 0.6 is 0 Å². The van der Waals surface area contributed by atoms with Crippen LogP contribution in [0.2, 0.25) is 0 Å². The Hall–Kier alpha value is -2.37. The van der Waals surface area contributed by atoms with Gasteiger partial charge in [0.05, 0.1) is 5.56 Å². The monoisotopic (exact) mass is 384 g/mol. The van der Waals surface area contributed by atoms with Crippen LogP contribution in [0.1, 0.15) is 61.4 Å². The van der Waals surface area contributed by atoms with Crippen molar-refractivity contribution in [2.24, 2.45) is 17.8 Å². The lowest BCUT2D eigenvalue weighted by atomic mass is 9.53. The number of esters is 1. The first-order valence-corrected chi connectivity index (χ1v) is 10.3. The third-order valence-electron chi connectivity index (χ3n) is 6.60. The molecule has 5 rings (SSSR count). The van der Waals surface area contributed by atoms with E-state index in [-0.39, 0.29) is 5.54 Å². The average Bonchev–Trinajstić information content (AvgIpc) is 2.64. The Morgan fingerprint density at radius 1 is 1.00 bits per heavy atom. The fraction of sp³-hybridized carbons (Fsp3) is 0.591. The van der Waals surface area contributed by atoms with E-state index >= 15 is 0 Å². The molecule has 4 aliphatic carbocycles. The number of benzene rings is 1. The number of rotatable bonds is 5. The number of carbonyl (C=O) groups is 3. The summed E-state index contributed by atoms with van der Waals surface area (Å²) in [4.78, 5) is 36.4. The third kappa shape index (κ3) is 4.05. The minimum absolute atomic E-state index is 0.156. The molecule has 6 nitrogen and oxygen atoms in total. The van der Waals surface area contributed by atoms with Gasteiger partial charge in [-0.25, -0.2) is 9.59 Å². The normalized spacial score (nSPS) is 30.0. The summed E-state index contributed by atoms with van der Waals surface area (Å²) in [5.41, 5.74) is 1.36. The van der Waals surface area contributed by atoms with Crippen molar-refractivity contribution in [2.45, 2.75) is 57.4 Å². The standard InChI is InChI=1S/C22H28N2O4/c1-2-14-3-5-18(6-4-14)20(26)28-13-19(25)23-21(27)24-22-10-15-7-16(11-22)9-17(8-15)12-22/h3-6,15-17H,2,7-13H2,1H3,(H2,23,24,25,27). The molecule has 1 aromatic carbocycles. The van der Waals surface area contributed by atoms with Crippen molar-refractivity contribution >= 4 is 17.9 Å². The molecule has 2 N–H and O–H groups in total. The molecular weight excluding hydrogens is 356 g/mol. The highest BCUT2D eigenvalue weighted by Gasteiger charge is 2.51. The molecule has 0 radical (unpaired) electrons. The molecule has 0 unspecified atom stereocenters. The minimum atomic E-state index is -0.610. The molecule has 1 aromatic rings. The van der Waals surface area contributed by atoms with Gasteiger partial charge >= 0.3 is 12.0 Å². The van der Waals surface area contributed by atoms with Gasteiger partial charge in [-0.3, -0.25) is 10.1 Å². The predicted octanol–water partition coefficient (Wildman–Crippen LogP) is 3.20. The molecule has 4 saturated carbocycles. The van der Waals surface area contributed by atoms with Gasteiger partial charge in [-0.1, -0.05) is 19.1 Å². The molecule has 28 heavy (non-hydrogen) atoms. The van der Waals surface area contributed by atoms with Crippen molar-refractivity contribution in [3.8, 4) is 0 Å². The lowest BCUT2D eigenvalue weighted by molar-refractivity contribution is -0.123. The zero-order chi connectivity index (χ0) is 19.7. The maximum absolute atomic E-state index is 12.3. The topological polar surface area (TPSA) is 84.5 Å². The molecule has 4 bridgehead atoms. The van der Waals surface area contributed by atoms with Crippen LogP contribution < -0.4 is 10.6 Å². The SMILES string of the molecule is CCc1ccc(C(=O)OCC(=O)NC(=O)NC23CC4CC(CC(C4)C2)C3)cc1. The van der Waals surface area contributed by atoms with Crippen LogP contribution in [0.15, 0.2) is 24.3 Å². The van der Waals surface area contributed by atoms with E-state index in [0.29, 0.717) is 23.3 Å². The first-order chi connectivity index (χ1) is 13.4. The van der Waals surface area contributed by atoms with Crippen LogP contribution in [-0.2, 0) is 16.0 Å². The van der Waals surface area contributed by atoms with E-state index in [1.54, 1.807) is 12.1 Å². The molecule has 150 valence electrons. The maximum atomic E-state index is 12.3. The second kappa shape index (κ2) is 7.57. The molecule has 4 fully saturated rings. The summed E-state index contributed by atoms with van der Waals surface area (Å²) in [7, 11) is 0. The summed E-state index contributed by atoms with van der Waals surface area (Å²) in [6.45, 7) is 1.56. The Bertz CT molecular complexity index is 736. The van der Waals surface area contributed by atoms with Crippen LogP contribution in [0.3, 0.4) is 0 Å². The van der Waals surface area contributed by atoms with Gasteiger partial charge in [0, 0.05) is 5.54 Å². The Morgan fingerprint density at radius 3 is 2.11 bits per heavy atom. The first-order valence-electron chi connectivity index (χ1n) is 10.3. The van der Waals surface area contributed by atoms with Gasteiger partial charge in [0.1, 0.15) is 0 Å². The number of aryl methyl sites for hydroxylation is 1. The quantitative estimate of drug-likeness (QED) is 0.764. The van der Waals surface area contributed by atoms with Gasteiger partial charge in [0.2, 0.25) is 0 Å². The van der Waals surface area contributed by atoms with E-state index < -0.39 is 24.5 Å². The van der Waals surface area contributed by atoms with E-state index in [2.05, 4.69) is 10.6 Å². The molecule has 4 aliphatic rings. The number of hydrogen-bond acceptors (Lipinski definition) is 4. The van der Waals surface area contributed by atoms with E-state index in [1.807, 2.05) is 19.1 Å². The number of amides is 3. The highest BCUT2D eigenvalue weighted by Crippen LogP contribution is 2.55. The van der Waals surface area contributed by atoms with Crippen LogP contribution in [-0.4, -0.2) is 30.1 Å². The maximum Gasteiger partial charge on any atom is 0.338 e. The Morgan fingerprint density at radius 2 is 1.57 bits per heavy atom.